The summed E-state index contributed by atoms with van der Waals surface area (Å²) in [5, 5.41) is 12.2. The van der Waals surface area contributed by atoms with E-state index in [4.69, 9.17) is 4.74 Å². The molecule has 1 aliphatic heterocycles. The van der Waals surface area contributed by atoms with Crippen molar-refractivity contribution in [2.75, 3.05) is 0 Å². The van der Waals surface area contributed by atoms with Gasteiger partial charge in [0.25, 0.3) is 0 Å². The maximum absolute atomic E-state index is 14.1. The molecule has 2 aliphatic rings. The van der Waals surface area contributed by atoms with E-state index in [9.17, 15) is 19.2 Å². The molecule has 1 heterocycles. The van der Waals surface area contributed by atoms with Gasteiger partial charge in [-0.3, -0.25) is 9.69 Å². The number of benzene rings is 1. The Kier molecular flexibility index (Phi) is 6.18. The zero-order valence-electron chi connectivity index (χ0n) is 16.7. The van der Waals surface area contributed by atoms with Crippen LogP contribution in [-0.4, -0.2) is 40.6 Å². The zero-order valence-corrected chi connectivity index (χ0v) is 18.3. The lowest BCUT2D eigenvalue weighted by molar-refractivity contribution is -0.128. The fraction of sp³-hybridized carbons (Fsp3) is 0.571. The number of carbonyl (C=O) groups excluding carboxylic acids is 2. The van der Waals surface area contributed by atoms with Gasteiger partial charge in [0.2, 0.25) is 5.91 Å². The number of fused-ring (bicyclic) bond motifs is 2. The lowest BCUT2D eigenvalue weighted by Gasteiger charge is -2.35. The number of carbonyl (C=O) groups is 2. The number of nitrogens with zero attached hydrogens (tertiary/aromatic N) is 2. The van der Waals surface area contributed by atoms with E-state index in [0.717, 1.165) is 19.3 Å². The SMILES string of the molecule is CC(C)(C)OC(=O)N1C2CCC(C2)C1C(=O)NC(C#N)Cc1ccc(Br)cc1F. The summed E-state index contributed by atoms with van der Waals surface area (Å²) >= 11 is 3.20. The van der Waals surface area contributed by atoms with Gasteiger partial charge in [0, 0.05) is 16.9 Å². The Morgan fingerprint density at radius 1 is 1.41 bits per heavy atom. The third-order valence-electron chi connectivity index (χ3n) is 5.37. The minimum atomic E-state index is -0.891. The first-order valence-corrected chi connectivity index (χ1v) is 10.5. The van der Waals surface area contributed by atoms with Crippen molar-refractivity contribution in [2.45, 2.75) is 70.2 Å². The Hall–Kier alpha value is -2.14. The van der Waals surface area contributed by atoms with Gasteiger partial charge < -0.3 is 10.1 Å². The van der Waals surface area contributed by atoms with Crippen LogP contribution in [0.4, 0.5) is 9.18 Å². The highest BCUT2D eigenvalue weighted by atomic mass is 79.9. The third kappa shape index (κ3) is 4.89. The van der Waals surface area contributed by atoms with E-state index in [1.54, 1.807) is 32.9 Å². The van der Waals surface area contributed by atoms with Crippen LogP contribution in [0.1, 0.15) is 45.6 Å². The van der Waals surface area contributed by atoms with E-state index < -0.39 is 29.6 Å². The molecule has 1 N–H and O–H groups in total. The highest BCUT2D eigenvalue weighted by Gasteiger charge is 2.52. The summed E-state index contributed by atoms with van der Waals surface area (Å²) in [4.78, 5) is 27.2. The Balaban J connectivity index is 1.72. The van der Waals surface area contributed by atoms with E-state index in [2.05, 4.69) is 21.2 Å². The zero-order chi connectivity index (χ0) is 21.3. The smallest absolute Gasteiger partial charge is 0.411 e. The molecule has 8 heteroatoms. The van der Waals surface area contributed by atoms with Gasteiger partial charge in [-0.05, 0) is 63.6 Å². The van der Waals surface area contributed by atoms with Gasteiger partial charge in [-0.2, -0.15) is 5.26 Å². The molecule has 4 unspecified atom stereocenters. The second-order valence-electron chi connectivity index (χ2n) is 8.69. The van der Waals surface area contributed by atoms with Crippen LogP contribution in [0, 0.1) is 23.1 Å². The van der Waals surface area contributed by atoms with Crippen molar-refractivity contribution in [3.05, 3.63) is 34.1 Å². The first-order chi connectivity index (χ1) is 13.6. The maximum atomic E-state index is 14.1. The van der Waals surface area contributed by atoms with Gasteiger partial charge in [-0.15, -0.1) is 0 Å². The van der Waals surface area contributed by atoms with E-state index in [0.29, 0.717) is 10.0 Å². The Morgan fingerprint density at radius 3 is 2.76 bits per heavy atom. The molecule has 2 bridgehead atoms. The number of nitriles is 1. The van der Waals surface area contributed by atoms with Gasteiger partial charge in [0.15, 0.2) is 0 Å². The van der Waals surface area contributed by atoms with E-state index in [1.807, 2.05) is 6.07 Å². The number of ether oxygens (including phenoxy) is 1. The second kappa shape index (κ2) is 8.31. The van der Waals surface area contributed by atoms with Crippen LogP contribution in [0.2, 0.25) is 0 Å². The van der Waals surface area contributed by atoms with Crippen LogP contribution in [0.25, 0.3) is 0 Å². The summed E-state index contributed by atoms with van der Waals surface area (Å²) in [6.07, 6.45) is 2.02. The molecule has 29 heavy (non-hydrogen) atoms. The number of halogens is 2. The molecular weight excluding hydrogens is 441 g/mol. The van der Waals surface area contributed by atoms with Crippen LogP contribution in [-0.2, 0) is 16.0 Å². The molecule has 1 aromatic carbocycles. The fourth-order valence-electron chi connectivity index (χ4n) is 4.20. The summed E-state index contributed by atoms with van der Waals surface area (Å²) in [5.41, 5.74) is -0.314. The van der Waals surface area contributed by atoms with Crippen LogP contribution in [0.3, 0.4) is 0 Å². The molecule has 0 aromatic heterocycles. The summed E-state index contributed by atoms with van der Waals surface area (Å²) in [5.74, 6) is -0.771. The topological polar surface area (TPSA) is 82.4 Å². The molecule has 2 amide bonds. The van der Waals surface area contributed by atoms with Crippen molar-refractivity contribution in [1.82, 2.24) is 10.2 Å². The number of hydrogen-bond acceptors (Lipinski definition) is 4. The molecule has 0 radical (unpaired) electrons. The minimum Gasteiger partial charge on any atom is -0.444 e. The quantitative estimate of drug-likeness (QED) is 0.729. The summed E-state index contributed by atoms with van der Waals surface area (Å²) in [7, 11) is 0. The molecule has 156 valence electrons. The highest BCUT2D eigenvalue weighted by Crippen LogP contribution is 2.43. The largest absolute Gasteiger partial charge is 0.444 e. The fourth-order valence-corrected chi connectivity index (χ4v) is 4.53. The number of amides is 2. The standard InChI is InChI=1S/C21H25BrFN3O3/c1-21(2,3)29-20(28)26-16-7-5-13(9-16)18(26)19(27)25-15(11-24)8-12-4-6-14(22)10-17(12)23/h4,6,10,13,15-16,18H,5,7-9H2,1-3H3,(H,25,27). The van der Waals surface area contributed by atoms with Crippen molar-refractivity contribution in [3.8, 4) is 6.07 Å². The van der Waals surface area contributed by atoms with Gasteiger partial charge in [0.1, 0.15) is 23.5 Å². The highest BCUT2D eigenvalue weighted by molar-refractivity contribution is 9.10. The normalized spacial score (nSPS) is 24.1. The third-order valence-corrected chi connectivity index (χ3v) is 5.86. The number of likely N-dealkylation sites (tertiary alicyclic amines) is 1. The minimum absolute atomic E-state index is 0.0185. The van der Waals surface area contributed by atoms with Gasteiger partial charge in [-0.1, -0.05) is 22.0 Å². The molecule has 0 spiro atoms. The van der Waals surface area contributed by atoms with E-state index in [1.165, 1.54) is 11.0 Å². The van der Waals surface area contributed by atoms with Crippen molar-refractivity contribution < 1.29 is 18.7 Å². The van der Waals surface area contributed by atoms with Crippen molar-refractivity contribution >= 4 is 27.9 Å². The molecule has 1 aliphatic carbocycles. The lowest BCUT2D eigenvalue weighted by atomic mass is 9.97. The summed E-state index contributed by atoms with van der Waals surface area (Å²) in [6, 6.07) is 5.06. The lowest BCUT2D eigenvalue weighted by Crippen LogP contribution is -2.55. The van der Waals surface area contributed by atoms with Gasteiger partial charge >= 0.3 is 6.09 Å². The second-order valence-corrected chi connectivity index (χ2v) is 9.61. The van der Waals surface area contributed by atoms with Crippen LogP contribution in [0.5, 0.6) is 0 Å². The van der Waals surface area contributed by atoms with Crippen LogP contribution in [0.15, 0.2) is 22.7 Å². The van der Waals surface area contributed by atoms with Crippen LogP contribution < -0.4 is 5.32 Å². The molecule has 3 rings (SSSR count). The molecule has 1 saturated heterocycles. The average Bonchev–Trinajstić information content (AvgIpc) is 3.23. The maximum Gasteiger partial charge on any atom is 0.411 e. The van der Waals surface area contributed by atoms with Crippen molar-refractivity contribution in [1.29, 1.82) is 5.26 Å². The monoisotopic (exact) mass is 465 g/mol. The predicted molar refractivity (Wildman–Crippen MR) is 108 cm³/mol. The number of rotatable bonds is 4. The summed E-state index contributed by atoms with van der Waals surface area (Å²) < 4.78 is 20.2. The number of piperidine rings is 1. The first kappa shape index (κ1) is 21.6. The van der Waals surface area contributed by atoms with Gasteiger partial charge in [0.05, 0.1) is 6.07 Å². The van der Waals surface area contributed by atoms with Crippen molar-refractivity contribution in [2.24, 2.45) is 5.92 Å². The Bertz CT molecular complexity index is 849. The Labute approximate surface area is 178 Å². The molecule has 1 aromatic rings. The number of nitrogens with one attached hydrogen (secondary N) is 1. The summed E-state index contributed by atoms with van der Waals surface area (Å²) in [6.45, 7) is 5.35. The van der Waals surface area contributed by atoms with Gasteiger partial charge in [-0.25, -0.2) is 9.18 Å². The molecular formula is C21H25BrFN3O3. The molecule has 4 atom stereocenters. The number of hydrogen-bond donors (Lipinski definition) is 1. The molecule has 6 nitrogen and oxygen atoms in total. The average molecular weight is 466 g/mol. The predicted octanol–water partition coefficient (Wildman–Crippen LogP) is 3.93. The Morgan fingerprint density at radius 2 is 2.14 bits per heavy atom. The first-order valence-electron chi connectivity index (χ1n) is 9.74. The van der Waals surface area contributed by atoms with E-state index in [-0.39, 0.29) is 24.3 Å². The molecule has 1 saturated carbocycles. The van der Waals surface area contributed by atoms with Crippen LogP contribution >= 0.6 is 15.9 Å². The molecule has 2 fully saturated rings. The van der Waals surface area contributed by atoms with E-state index >= 15 is 0 Å². The van der Waals surface area contributed by atoms with Crippen molar-refractivity contribution in [3.63, 3.8) is 0 Å².